The third-order valence-corrected chi connectivity index (χ3v) is 4.87. The predicted molar refractivity (Wildman–Crippen MR) is 94.5 cm³/mol. The Hall–Kier alpha value is -2.22. The Morgan fingerprint density at radius 2 is 1.43 bits per heavy atom. The van der Waals surface area contributed by atoms with Gasteiger partial charge in [-0.2, -0.15) is 0 Å². The molecule has 0 aliphatic heterocycles. The van der Waals surface area contributed by atoms with Gasteiger partial charge in [-0.3, -0.25) is 0 Å². The average Bonchev–Trinajstić information content (AvgIpc) is 2.59. The summed E-state index contributed by atoms with van der Waals surface area (Å²) in [5, 5.41) is 19.2. The number of aromatic hydroxyl groups is 2. The lowest BCUT2D eigenvalue weighted by atomic mass is 9.79. The van der Waals surface area contributed by atoms with Gasteiger partial charge < -0.3 is 10.2 Å². The van der Waals surface area contributed by atoms with Crippen LogP contribution in [0.15, 0.2) is 54.1 Å². The summed E-state index contributed by atoms with van der Waals surface area (Å²) < 4.78 is 0. The summed E-state index contributed by atoms with van der Waals surface area (Å²) in [6.45, 7) is 2.27. The van der Waals surface area contributed by atoms with Crippen LogP contribution in [0.3, 0.4) is 0 Å². The van der Waals surface area contributed by atoms with Gasteiger partial charge in [0.25, 0.3) is 0 Å². The van der Waals surface area contributed by atoms with E-state index in [1.54, 1.807) is 24.3 Å². The highest BCUT2D eigenvalue weighted by Crippen LogP contribution is 2.38. The van der Waals surface area contributed by atoms with Crippen LogP contribution in [0, 0.1) is 5.92 Å². The fraction of sp³-hybridized carbons (Fsp3) is 0.333. The van der Waals surface area contributed by atoms with Gasteiger partial charge in [0.05, 0.1) is 0 Å². The van der Waals surface area contributed by atoms with Crippen LogP contribution in [-0.2, 0) is 0 Å². The van der Waals surface area contributed by atoms with Crippen LogP contribution in [0.4, 0.5) is 0 Å². The minimum atomic E-state index is 0.291. The van der Waals surface area contributed by atoms with Crippen LogP contribution in [-0.4, -0.2) is 10.2 Å². The number of phenols is 2. The second kappa shape index (κ2) is 6.91. The van der Waals surface area contributed by atoms with Gasteiger partial charge in [0.2, 0.25) is 0 Å². The monoisotopic (exact) mass is 308 g/mol. The molecule has 1 fully saturated rings. The molecular weight excluding hydrogens is 284 g/mol. The van der Waals surface area contributed by atoms with E-state index >= 15 is 0 Å². The van der Waals surface area contributed by atoms with Crippen LogP contribution < -0.4 is 0 Å². The quantitative estimate of drug-likeness (QED) is 0.786. The molecule has 120 valence electrons. The molecule has 1 aliphatic rings. The number of hydrogen-bond donors (Lipinski definition) is 2. The first-order valence-electron chi connectivity index (χ1n) is 8.48. The first-order chi connectivity index (χ1) is 11.2. The molecule has 0 bridgehead atoms. The van der Waals surface area contributed by atoms with Gasteiger partial charge in [-0.15, -0.1) is 0 Å². The molecule has 1 saturated carbocycles. The fourth-order valence-electron chi connectivity index (χ4n) is 3.56. The zero-order valence-corrected chi connectivity index (χ0v) is 13.6. The Kier molecular flexibility index (Phi) is 4.71. The number of rotatable bonds is 3. The smallest absolute Gasteiger partial charge is 0.115 e. The van der Waals surface area contributed by atoms with Crippen LogP contribution in [0.1, 0.15) is 50.2 Å². The number of allylic oxidation sites excluding steroid dienone is 1. The molecule has 2 aromatic carbocycles. The van der Waals surface area contributed by atoms with Gasteiger partial charge in [-0.25, -0.2) is 0 Å². The zero-order chi connectivity index (χ0) is 16.2. The lowest BCUT2D eigenvalue weighted by Crippen LogP contribution is -2.09. The highest BCUT2D eigenvalue weighted by molar-refractivity contribution is 5.82. The molecule has 2 heteroatoms. The molecule has 0 spiro atoms. The Morgan fingerprint density at radius 1 is 0.913 bits per heavy atom. The van der Waals surface area contributed by atoms with Gasteiger partial charge in [0.15, 0.2) is 0 Å². The number of phenolic OH excluding ortho intramolecular Hbond substituents is 2. The maximum Gasteiger partial charge on any atom is 0.115 e. The summed E-state index contributed by atoms with van der Waals surface area (Å²) in [4.78, 5) is 0. The lowest BCUT2D eigenvalue weighted by Gasteiger charge is -2.26. The van der Waals surface area contributed by atoms with Gasteiger partial charge >= 0.3 is 0 Å². The fourth-order valence-corrected chi connectivity index (χ4v) is 3.56. The highest BCUT2D eigenvalue weighted by Gasteiger charge is 2.20. The summed E-state index contributed by atoms with van der Waals surface area (Å²) in [6, 6.07) is 14.9. The van der Waals surface area contributed by atoms with E-state index in [-0.39, 0.29) is 0 Å². The Bertz CT molecular complexity index is 633. The van der Waals surface area contributed by atoms with E-state index < -0.39 is 0 Å². The van der Waals surface area contributed by atoms with Gasteiger partial charge in [-0.1, -0.05) is 43.2 Å². The second-order valence-corrected chi connectivity index (χ2v) is 6.44. The van der Waals surface area contributed by atoms with Crippen LogP contribution >= 0.6 is 0 Å². The minimum Gasteiger partial charge on any atom is -0.508 e. The number of hydrogen-bond acceptors (Lipinski definition) is 2. The van der Waals surface area contributed by atoms with Crippen LogP contribution in [0.25, 0.3) is 5.57 Å². The summed E-state index contributed by atoms with van der Waals surface area (Å²) in [6.07, 6.45) is 6.06. The third-order valence-electron chi connectivity index (χ3n) is 4.87. The molecule has 0 radical (unpaired) electrons. The summed E-state index contributed by atoms with van der Waals surface area (Å²) in [5.41, 5.74) is 5.04. The SMILES string of the molecule is CC[C@H]1CCCC(=C(c2ccc(O)cc2)c2ccc(O)cc2)C1. The molecule has 0 saturated heterocycles. The van der Waals surface area contributed by atoms with Crippen molar-refractivity contribution < 1.29 is 10.2 Å². The maximum atomic E-state index is 9.59. The summed E-state index contributed by atoms with van der Waals surface area (Å²) in [7, 11) is 0. The van der Waals surface area contributed by atoms with Crippen molar-refractivity contribution in [2.45, 2.75) is 39.0 Å². The number of benzene rings is 2. The van der Waals surface area contributed by atoms with Crippen molar-refractivity contribution in [2.24, 2.45) is 5.92 Å². The molecule has 0 aromatic heterocycles. The molecule has 0 amide bonds. The summed E-state index contributed by atoms with van der Waals surface area (Å²) >= 11 is 0. The minimum absolute atomic E-state index is 0.291. The second-order valence-electron chi connectivity index (χ2n) is 6.44. The molecule has 2 N–H and O–H groups in total. The van der Waals surface area contributed by atoms with E-state index in [1.807, 2.05) is 24.3 Å². The summed E-state index contributed by atoms with van der Waals surface area (Å²) in [5.74, 6) is 1.35. The van der Waals surface area contributed by atoms with Crippen LogP contribution in [0.5, 0.6) is 11.5 Å². The molecule has 0 heterocycles. The largest absolute Gasteiger partial charge is 0.508 e. The average molecular weight is 308 g/mol. The Labute approximate surface area is 138 Å². The molecule has 2 aromatic rings. The van der Waals surface area contributed by atoms with Gasteiger partial charge in [0, 0.05) is 0 Å². The van der Waals surface area contributed by atoms with Crippen molar-refractivity contribution in [1.29, 1.82) is 0 Å². The van der Waals surface area contributed by atoms with Crippen molar-refractivity contribution in [3.05, 3.63) is 65.2 Å². The maximum absolute atomic E-state index is 9.59. The van der Waals surface area contributed by atoms with E-state index in [0.717, 1.165) is 29.9 Å². The predicted octanol–water partition coefficient (Wildman–Crippen LogP) is 5.50. The molecule has 3 rings (SSSR count). The topological polar surface area (TPSA) is 40.5 Å². The van der Waals surface area contributed by atoms with Crippen molar-refractivity contribution in [3.63, 3.8) is 0 Å². The molecule has 23 heavy (non-hydrogen) atoms. The van der Waals surface area contributed by atoms with Gasteiger partial charge in [-0.05, 0) is 72.6 Å². The van der Waals surface area contributed by atoms with Crippen molar-refractivity contribution in [1.82, 2.24) is 0 Å². The van der Waals surface area contributed by atoms with E-state index in [1.165, 1.54) is 30.4 Å². The molecule has 0 unspecified atom stereocenters. The normalized spacial score (nSPS) is 18.0. The van der Waals surface area contributed by atoms with Crippen molar-refractivity contribution in [2.75, 3.05) is 0 Å². The zero-order valence-electron chi connectivity index (χ0n) is 13.6. The Balaban J connectivity index is 2.09. The standard InChI is InChI=1S/C21H24O2/c1-2-15-4-3-5-18(14-15)21(16-6-10-19(22)11-7-16)17-8-12-20(23)13-9-17/h6-13,15,22-23H,2-5,14H2,1H3/t15-/m0/s1. The molecule has 1 aliphatic carbocycles. The first-order valence-corrected chi connectivity index (χ1v) is 8.48. The molecule has 2 nitrogen and oxygen atoms in total. The van der Waals surface area contributed by atoms with Crippen molar-refractivity contribution in [3.8, 4) is 11.5 Å². The molecule has 1 atom stereocenters. The van der Waals surface area contributed by atoms with Crippen molar-refractivity contribution >= 4 is 5.57 Å². The lowest BCUT2D eigenvalue weighted by molar-refractivity contribution is 0.408. The van der Waals surface area contributed by atoms with E-state index in [0.29, 0.717) is 11.5 Å². The van der Waals surface area contributed by atoms with E-state index in [9.17, 15) is 10.2 Å². The first kappa shape index (κ1) is 15.7. The van der Waals surface area contributed by atoms with Gasteiger partial charge in [0.1, 0.15) is 11.5 Å². The van der Waals surface area contributed by atoms with E-state index in [4.69, 9.17) is 0 Å². The Morgan fingerprint density at radius 3 is 1.91 bits per heavy atom. The van der Waals surface area contributed by atoms with Crippen LogP contribution in [0.2, 0.25) is 0 Å². The molecular formula is C21H24O2. The van der Waals surface area contributed by atoms with E-state index in [2.05, 4.69) is 6.92 Å². The third kappa shape index (κ3) is 3.58. The highest BCUT2D eigenvalue weighted by atomic mass is 16.3.